The molecule has 3 aliphatic rings. The van der Waals surface area contributed by atoms with Gasteiger partial charge in [-0.05, 0) is 37.3 Å². The van der Waals surface area contributed by atoms with Gasteiger partial charge in [-0.2, -0.15) is 0 Å². The van der Waals surface area contributed by atoms with E-state index >= 15 is 0 Å². The average Bonchev–Trinajstić information content (AvgIpc) is 3.35. The number of nitrogens with one attached hydrogen (secondary N) is 1. The lowest BCUT2D eigenvalue weighted by molar-refractivity contribution is -0.122. The summed E-state index contributed by atoms with van der Waals surface area (Å²) in [7, 11) is 0. The molecule has 0 radical (unpaired) electrons. The van der Waals surface area contributed by atoms with Crippen molar-refractivity contribution in [3.63, 3.8) is 0 Å². The van der Waals surface area contributed by atoms with Crippen LogP contribution in [-0.4, -0.2) is 25.2 Å². The highest BCUT2D eigenvalue weighted by Crippen LogP contribution is 2.50. The van der Waals surface area contributed by atoms with Crippen LogP contribution >= 0.6 is 0 Å². The Morgan fingerprint density at radius 2 is 1.74 bits per heavy atom. The molecule has 0 aromatic heterocycles. The first-order valence-corrected chi connectivity index (χ1v) is 10.2. The van der Waals surface area contributed by atoms with Gasteiger partial charge >= 0.3 is 0 Å². The van der Waals surface area contributed by atoms with E-state index in [1.165, 1.54) is 0 Å². The van der Waals surface area contributed by atoms with Crippen molar-refractivity contribution in [3.05, 3.63) is 77.9 Å². The third kappa shape index (κ3) is 2.23. The summed E-state index contributed by atoms with van der Waals surface area (Å²) in [6.07, 6.45) is 0. The number of likely N-dealkylation sites (N-methyl/N-ethyl adjacent to an activating group) is 1. The molecule has 3 heterocycles. The van der Waals surface area contributed by atoms with E-state index in [0.29, 0.717) is 35.0 Å². The Kier molecular flexibility index (Phi) is 3.59. The Morgan fingerprint density at radius 3 is 2.61 bits per heavy atom. The number of para-hydroxylation sites is 2. The first kappa shape index (κ1) is 17.8. The zero-order chi connectivity index (χ0) is 21.2. The lowest BCUT2D eigenvalue weighted by atomic mass is 9.92. The van der Waals surface area contributed by atoms with Crippen LogP contribution in [0.25, 0.3) is 0 Å². The van der Waals surface area contributed by atoms with Gasteiger partial charge in [0, 0.05) is 23.9 Å². The summed E-state index contributed by atoms with van der Waals surface area (Å²) in [5, 5.41) is 3.43. The Labute approximate surface area is 178 Å². The minimum Gasteiger partial charge on any atom is -0.454 e. The zero-order valence-electron chi connectivity index (χ0n) is 16.8. The number of carbonyl (C=O) groups excluding carboxylic acids is 2. The van der Waals surface area contributed by atoms with Gasteiger partial charge in [0.2, 0.25) is 12.5 Å². The predicted octanol–water partition coefficient (Wildman–Crippen LogP) is 3.71. The van der Waals surface area contributed by atoms with Gasteiger partial charge in [-0.25, -0.2) is 0 Å². The summed E-state index contributed by atoms with van der Waals surface area (Å²) in [6.45, 7) is 2.55. The van der Waals surface area contributed by atoms with Crippen molar-refractivity contribution in [2.45, 2.75) is 12.6 Å². The third-order valence-corrected chi connectivity index (χ3v) is 6.08. The van der Waals surface area contributed by atoms with Crippen molar-refractivity contribution in [3.8, 4) is 11.5 Å². The summed E-state index contributed by atoms with van der Waals surface area (Å²) in [4.78, 5) is 31.1. The number of amides is 2. The molecule has 0 saturated carbocycles. The van der Waals surface area contributed by atoms with Crippen LogP contribution in [0.15, 0.2) is 66.7 Å². The Morgan fingerprint density at radius 1 is 0.968 bits per heavy atom. The number of ether oxygens (including phenoxy) is 2. The van der Waals surface area contributed by atoms with Crippen LogP contribution in [0.3, 0.4) is 0 Å². The molecule has 3 aromatic rings. The maximum absolute atomic E-state index is 14.0. The Hall–Kier alpha value is -4.00. The number of nitrogens with zero attached hydrogens (tertiary/aromatic N) is 2. The fourth-order valence-electron chi connectivity index (χ4n) is 4.72. The van der Waals surface area contributed by atoms with Crippen molar-refractivity contribution >= 4 is 28.9 Å². The van der Waals surface area contributed by atoms with Crippen LogP contribution in [-0.2, 0) is 10.5 Å². The van der Waals surface area contributed by atoms with Gasteiger partial charge in [-0.1, -0.05) is 30.3 Å². The Balaban J connectivity index is 1.64. The van der Waals surface area contributed by atoms with E-state index in [4.69, 9.17) is 9.47 Å². The van der Waals surface area contributed by atoms with Crippen LogP contribution in [0.1, 0.15) is 22.8 Å². The van der Waals surface area contributed by atoms with E-state index in [9.17, 15) is 9.59 Å². The van der Waals surface area contributed by atoms with Gasteiger partial charge in [0.15, 0.2) is 11.5 Å². The lowest BCUT2D eigenvalue weighted by Crippen LogP contribution is -2.63. The molecule has 154 valence electrons. The number of rotatable bonds is 2. The van der Waals surface area contributed by atoms with Crippen molar-refractivity contribution < 1.29 is 19.1 Å². The number of benzene rings is 3. The zero-order valence-corrected chi connectivity index (χ0v) is 16.8. The number of fused-ring (bicyclic) bond motifs is 4. The minimum absolute atomic E-state index is 0.129. The summed E-state index contributed by atoms with van der Waals surface area (Å²) >= 11 is 0. The quantitative estimate of drug-likeness (QED) is 0.694. The molecular formula is C24H19N3O4. The monoisotopic (exact) mass is 413 g/mol. The molecule has 1 spiro atoms. The van der Waals surface area contributed by atoms with E-state index in [2.05, 4.69) is 5.32 Å². The molecule has 2 amide bonds. The van der Waals surface area contributed by atoms with Gasteiger partial charge in [0.1, 0.15) is 0 Å². The second-order valence-corrected chi connectivity index (χ2v) is 7.63. The maximum atomic E-state index is 14.0. The van der Waals surface area contributed by atoms with Crippen LogP contribution in [0.5, 0.6) is 11.5 Å². The highest BCUT2D eigenvalue weighted by atomic mass is 16.7. The minimum atomic E-state index is -1.40. The molecule has 1 N–H and O–H groups in total. The largest absolute Gasteiger partial charge is 0.454 e. The fraction of sp³-hybridized carbons (Fsp3) is 0.167. The molecule has 7 nitrogen and oxygen atoms in total. The van der Waals surface area contributed by atoms with Crippen LogP contribution in [0, 0.1) is 0 Å². The predicted molar refractivity (Wildman–Crippen MR) is 116 cm³/mol. The van der Waals surface area contributed by atoms with E-state index in [1.54, 1.807) is 34.1 Å². The van der Waals surface area contributed by atoms with Gasteiger partial charge < -0.3 is 19.7 Å². The molecule has 7 heteroatoms. The number of hydrogen-bond donors (Lipinski definition) is 1. The molecule has 3 aromatic carbocycles. The molecule has 0 fully saturated rings. The van der Waals surface area contributed by atoms with Crippen LogP contribution in [0.4, 0.5) is 17.1 Å². The lowest BCUT2D eigenvalue weighted by Gasteiger charge is -2.45. The SMILES string of the molecule is CCN1C(=O)[C@@]2(Nc3ccccc3C(=O)N2c2ccc3c(c2)OCO3)c2ccccc21. The van der Waals surface area contributed by atoms with E-state index in [0.717, 1.165) is 11.3 Å². The molecule has 0 saturated heterocycles. The summed E-state index contributed by atoms with van der Waals surface area (Å²) in [6, 6.07) is 20.2. The van der Waals surface area contributed by atoms with Crippen molar-refractivity contribution in [2.75, 3.05) is 28.5 Å². The number of anilines is 3. The average molecular weight is 413 g/mol. The highest BCUT2D eigenvalue weighted by molar-refractivity contribution is 6.22. The smallest absolute Gasteiger partial charge is 0.279 e. The van der Waals surface area contributed by atoms with Gasteiger partial charge in [0.25, 0.3) is 11.8 Å². The first-order chi connectivity index (χ1) is 15.1. The van der Waals surface area contributed by atoms with Crippen molar-refractivity contribution in [1.82, 2.24) is 0 Å². The Bertz CT molecular complexity index is 1260. The molecule has 6 rings (SSSR count). The molecule has 3 aliphatic heterocycles. The van der Waals surface area contributed by atoms with Crippen LogP contribution in [0.2, 0.25) is 0 Å². The van der Waals surface area contributed by atoms with Crippen molar-refractivity contribution in [2.24, 2.45) is 0 Å². The van der Waals surface area contributed by atoms with Gasteiger partial charge in [-0.15, -0.1) is 0 Å². The first-order valence-electron chi connectivity index (χ1n) is 10.2. The molecule has 0 aliphatic carbocycles. The third-order valence-electron chi connectivity index (χ3n) is 6.08. The second kappa shape index (κ2) is 6.25. The second-order valence-electron chi connectivity index (χ2n) is 7.63. The van der Waals surface area contributed by atoms with E-state index < -0.39 is 5.66 Å². The normalized spacial score (nSPS) is 20.7. The highest BCUT2D eigenvalue weighted by Gasteiger charge is 2.59. The molecule has 31 heavy (non-hydrogen) atoms. The topological polar surface area (TPSA) is 71.1 Å². The number of carbonyl (C=O) groups is 2. The fourth-order valence-corrected chi connectivity index (χ4v) is 4.72. The molecule has 0 bridgehead atoms. The standard InChI is InChI=1S/C24H19N3O4/c1-2-26-19-10-6-4-8-17(19)24(23(26)29)25-18-9-5-3-7-16(18)22(28)27(24)15-11-12-20-21(13-15)31-14-30-20/h3-13,25H,2,14H2,1H3/t24-/m1/s1. The summed E-state index contributed by atoms with van der Waals surface area (Å²) in [5.74, 6) is 0.709. The maximum Gasteiger partial charge on any atom is 0.279 e. The van der Waals surface area contributed by atoms with E-state index in [-0.39, 0.29) is 18.6 Å². The molecule has 0 unspecified atom stereocenters. The molecule has 1 atom stereocenters. The van der Waals surface area contributed by atoms with E-state index in [1.807, 2.05) is 49.4 Å². The summed E-state index contributed by atoms with van der Waals surface area (Å²) in [5.41, 5.74) is 1.82. The summed E-state index contributed by atoms with van der Waals surface area (Å²) < 4.78 is 11.0. The van der Waals surface area contributed by atoms with Crippen LogP contribution < -0.4 is 24.6 Å². The van der Waals surface area contributed by atoms with Gasteiger partial charge in [0.05, 0.1) is 16.9 Å². The molecular weight excluding hydrogens is 394 g/mol. The van der Waals surface area contributed by atoms with Gasteiger partial charge in [-0.3, -0.25) is 14.5 Å². The van der Waals surface area contributed by atoms with Crippen molar-refractivity contribution in [1.29, 1.82) is 0 Å². The number of hydrogen-bond acceptors (Lipinski definition) is 5.